The van der Waals surface area contributed by atoms with Crippen molar-refractivity contribution in [2.45, 2.75) is 24.2 Å². The number of nitrogens with zero attached hydrogens (tertiary/aromatic N) is 1. The molecule has 2 rings (SSSR count). The molecule has 1 heterocycles. The van der Waals surface area contributed by atoms with E-state index in [1.807, 2.05) is 24.3 Å². The van der Waals surface area contributed by atoms with Crippen LogP contribution in [0.2, 0.25) is 10.2 Å². The largest absolute Gasteiger partial charge is 0.243 e. The smallest absolute Gasteiger partial charge is 0.242 e. The van der Waals surface area contributed by atoms with Gasteiger partial charge in [0.1, 0.15) is 10.0 Å². The van der Waals surface area contributed by atoms with Crippen molar-refractivity contribution in [3.63, 3.8) is 0 Å². The molecule has 7 heteroatoms. The van der Waals surface area contributed by atoms with Gasteiger partial charge >= 0.3 is 0 Å². The third kappa shape index (κ3) is 4.95. The number of sulfonamides is 1. The molecule has 2 aromatic rings. The van der Waals surface area contributed by atoms with Crippen molar-refractivity contribution in [1.82, 2.24) is 9.71 Å². The van der Waals surface area contributed by atoms with Gasteiger partial charge in [-0.15, -0.1) is 0 Å². The Balaban J connectivity index is 1.79. The molecule has 0 radical (unpaired) electrons. The number of nitrogens with one attached hydrogen (secondary N) is 1. The summed E-state index contributed by atoms with van der Waals surface area (Å²) in [5.41, 5.74) is 1.08. The van der Waals surface area contributed by atoms with E-state index in [2.05, 4.69) is 9.71 Å². The second-order valence-corrected chi connectivity index (χ2v) is 7.32. The molecule has 1 N–H and O–H groups in total. The van der Waals surface area contributed by atoms with E-state index in [0.717, 1.165) is 29.8 Å². The van der Waals surface area contributed by atoms with Crippen LogP contribution in [-0.4, -0.2) is 19.9 Å². The Morgan fingerprint density at radius 3 is 2.50 bits per heavy atom. The summed E-state index contributed by atoms with van der Waals surface area (Å²) in [5, 5.41) is 1.01. The lowest BCUT2D eigenvalue weighted by Gasteiger charge is -2.07. The van der Waals surface area contributed by atoms with Gasteiger partial charge in [0.15, 0.2) is 0 Å². The Morgan fingerprint density at radius 2 is 1.82 bits per heavy atom. The first-order valence-corrected chi connectivity index (χ1v) is 9.07. The molecule has 1 aromatic carbocycles. The quantitative estimate of drug-likeness (QED) is 0.606. The predicted octanol–water partition coefficient (Wildman–Crippen LogP) is 3.69. The molecular weight excluding hydrogens is 343 g/mol. The first-order valence-electron chi connectivity index (χ1n) is 6.84. The van der Waals surface area contributed by atoms with Gasteiger partial charge in [0.25, 0.3) is 0 Å². The Bertz CT molecular complexity index is 719. The minimum absolute atomic E-state index is 0.114. The fourth-order valence-electron chi connectivity index (χ4n) is 1.95. The van der Waals surface area contributed by atoms with Crippen molar-refractivity contribution in [2.24, 2.45) is 0 Å². The number of hydrogen-bond donors (Lipinski definition) is 1. The van der Waals surface area contributed by atoms with Crippen LogP contribution >= 0.6 is 23.2 Å². The van der Waals surface area contributed by atoms with Crippen molar-refractivity contribution < 1.29 is 8.42 Å². The highest BCUT2D eigenvalue weighted by atomic mass is 35.5. The van der Waals surface area contributed by atoms with Crippen LogP contribution in [0.15, 0.2) is 47.5 Å². The van der Waals surface area contributed by atoms with E-state index in [1.54, 1.807) is 0 Å². The number of hydrogen-bond acceptors (Lipinski definition) is 3. The number of pyridine rings is 1. The predicted molar refractivity (Wildman–Crippen MR) is 88.8 cm³/mol. The summed E-state index contributed by atoms with van der Waals surface area (Å²) in [7, 11) is -3.53. The summed E-state index contributed by atoms with van der Waals surface area (Å²) in [5.74, 6) is 0. The zero-order chi connectivity index (χ0) is 16.0. The fraction of sp³-hybridized carbons (Fsp3) is 0.267. The van der Waals surface area contributed by atoms with Crippen LogP contribution in [0, 0.1) is 0 Å². The second kappa shape index (κ2) is 7.92. The van der Waals surface area contributed by atoms with E-state index < -0.39 is 10.0 Å². The van der Waals surface area contributed by atoms with E-state index in [9.17, 15) is 8.42 Å². The van der Waals surface area contributed by atoms with Crippen LogP contribution in [0.3, 0.4) is 0 Å². The van der Waals surface area contributed by atoms with Gasteiger partial charge in [-0.05, 0) is 43.0 Å². The van der Waals surface area contributed by atoms with Crippen LogP contribution in [0.1, 0.15) is 18.4 Å². The molecular formula is C15H16Cl2N2O2S. The van der Waals surface area contributed by atoms with Gasteiger partial charge < -0.3 is 0 Å². The van der Waals surface area contributed by atoms with Gasteiger partial charge in [0.05, 0.1) is 0 Å². The topological polar surface area (TPSA) is 59.1 Å². The van der Waals surface area contributed by atoms with Crippen LogP contribution in [0.25, 0.3) is 0 Å². The summed E-state index contributed by atoms with van der Waals surface area (Å²) < 4.78 is 26.6. The van der Waals surface area contributed by atoms with E-state index >= 15 is 0 Å². The van der Waals surface area contributed by atoms with Crippen LogP contribution < -0.4 is 4.72 Å². The summed E-state index contributed by atoms with van der Waals surface area (Å²) >= 11 is 11.7. The maximum Gasteiger partial charge on any atom is 0.242 e. The molecule has 22 heavy (non-hydrogen) atoms. The third-order valence-electron chi connectivity index (χ3n) is 3.13. The molecule has 4 nitrogen and oxygen atoms in total. The second-order valence-electron chi connectivity index (χ2n) is 4.76. The lowest BCUT2D eigenvalue weighted by Crippen LogP contribution is -2.25. The summed E-state index contributed by atoms with van der Waals surface area (Å²) in [6.45, 7) is 0.370. The maximum absolute atomic E-state index is 12.0. The number of rotatable bonds is 7. The average Bonchev–Trinajstić information content (AvgIpc) is 2.49. The monoisotopic (exact) mass is 358 g/mol. The minimum Gasteiger partial charge on any atom is -0.243 e. The summed E-state index contributed by atoms with van der Waals surface area (Å²) in [6.07, 6.45) is 3.65. The molecule has 0 aliphatic rings. The number of aromatic nitrogens is 1. The Kier molecular flexibility index (Phi) is 6.20. The number of benzene rings is 1. The molecule has 0 aliphatic carbocycles. The molecule has 0 unspecified atom stereocenters. The van der Waals surface area contributed by atoms with Crippen molar-refractivity contribution >= 4 is 33.2 Å². The SMILES string of the molecule is O=S(=O)(NCCCCc1ccccc1Cl)c1ccc(Cl)nc1. The molecule has 0 spiro atoms. The Morgan fingerprint density at radius 1 is 1.05 bits per heavy atom. The molecule has 0 saturated heterocycles. The van der Waals surface area contributed by atoms with Gasteiger partial charge in [-0.25, -0.2) is 18.1 Å². The Labute approximate surface area is 140 Å². The fourth-order valence-corrected chi connectivity index (χ4v) is 3.31. The molecule has 0 amide bonds. The van der Waals surface area contributed by atoms with Crippen LogP contribution in [-0.2, 0) is 16.4 Å². The molecule has 0 fully saturated rings. The van der Waals surface area contributed by atoms with Crippen molar-refractivity contribution in [1.29, 1.82) is 0 Å². The zero-order valence-corrected chi connectivity index (χ0v) is 14.1. The van der Waals surface area contributed by atoms with Gasteiger partial charge in [-0.2, -0.15) is 0 Å². The molecule has 0 atom stereocenters. The number of halogens is 2. The van der Waals surface area contributed by atoms with Gasteiger partial charge in [-0.3, -0.25) is 0 Å². The minimum atomic E-state index is -3.53. The van der Waals surface area contributed by atoms with Crippen molar-refractivity contribution in [3.8, 4) is 0 Å². The summed E-state index contributed by atoms with van der Waals surface area (Å²) in [4.78, 5) is 3.88. The van der Waals surface area contributed by atoms with Crippen LogP contribution in [0.5, 0.6) is 0 Å². The summed E-state index contributed by atoms with van der Waals surface area (Å²) in [6, 6.07) is 10.5. The van der Waals surface area contributed by atoms with E-state index in [4.69, 9.17) is 23.2 Å². The molecule has 1 aromatic heterocycles. The Hall–Kier alpha value is -1.14. The first kappa shape index (κ1) is 17.2. The van der Waals surface area contributed by atoms with Crippen LogP contribution in [0.4, 0.5) is 0 Å². The van der Waals surface area contributed by atoms with E-state index in [-0.39, 0.29) is 10.0 Å². The molecule has 118 valence electrons. The van der Waals surface area contributed by atoms with E-state index in [1.165, 1.54) is 18.3 Å². The lowest BCUT2D eigenvalue weighted by atomic mass is 10.1. The lowest BCUT2D eigenvalue weighted by molar-refractivity contribution is 0.576. The van der Waals surface area contributed by atoms with Crippen molar-refractivity contribution in [2.75, 3.05) is 6.54 Å². The molecule has 0 saturated carbocycles. The van der Waals surface area contributed by atoms with Gasteiger partial charge in [-0.1, -0.05) is 41.4 Å². The van der Waals surface area contributed by atoms with Gasteiger partial charge in [0, 0.05) is 17.8 Å². The van der Waals surface area contributed by atoms with Gasteiger partial charge in [0.2, 0.25) is 10.0 Å². The van der Waals surface area contributed by atoms with E-state index in [0.29, 0.717) is 6.54 Å². The normalized spacial score (nSPS) is 11.5. The molecule has 0 bridgehead atoms. The standard InChI is InChI=1S/C15H16Cl2N2O2S/c16-14-7-2-1-5-12(14)6-3-4-10-19-22(20,21)13-8-9-15(17)18-11-13/h1-2,5,7-9,11,19H,3-4,6,10H2. The maximum atomic E-state index is 12.0. The molecule has 0 aliphatic heterocycles. The first-order chi connectivity index (χ1) is 10.5. The highest BCUT2D eigenvalue weighted by Gasteiger charge is 2.13. The average molecular weight is 359 g/mol. The zero-order valence-electron chi connectivity index (χ0n) is 11.8. The highest BCUT2D eigenvalue weighted by molar-refractivity contribution is 7.89. The highest BCUT2D eigenvalue weighted by Crippen LogP contribution is 2.17. The number of unbranched alkanes of at least 4 members (excludes halogenated alkanes) is 1. The third-order valence-corrected chi connectivity index (χ3v) is 5.17. The number of aryl methyl sites for hydroxylation is 1. The van der Waals surface area contributed by atoms with Crippen molar-refractivity contribution in [3.05, 3.63) is 58.3 Å².